The zero-order valence-corrected chi connectivity index (χ0v) is 22.3. The second-order valence-electron chi connectivity index (χ2n) is 9.69. The van der Waals surface area contributed by atoms with Crippen LogP contribution in [0.3, 0.4) is 0 Å². The van der Waals surface area contributed by atoms with Gasteiger partial charge in [-0.15, -0.1) is 0 Å². The van der Waals surface area contributed by atoms with Crippen LogP contribution in [0.25, 0.3) is 21.8 Å². The van der Waals surface area contributed by atoms with E-state index in [1.54, 1.807) is 9.13 Å². The van der Waals surface area contributed by atoms with Gasteiger partial charge in [0.05, 0.1) is 16.7 Å². The number of fused-ring (bicyclic) bond motifs is 1. The largest absolute Gasteiger partial charge is 0.371 e. The molecule has 7 heteroatoms. The zero-order valence-electron chi connectivity index (χ0n) is 22.3. The lowest BCUT2D eigenvalue weighted by Gasteiger charge is -2.31. The van der Waals surface area contributed by atoms with Crippen molar-refractivity contribution in [2.24, 2.45) is 0 Å². The molecule has 1 aliphatic rings. The van der Waals surface area contributed by atoms with Crippen molar-refractivity contribution in [3.63, 3.8) is 0 Å². The Hall–Kier alpha value is -3.87. The predicted molar refractivity (Wildman–Crippen MR) is 150 cm³/mol. The van der Waals surface area contributed by atoms with Crippen LogP contribution in [0.4, 0.5) is 11.4 Å². The first-order chi connectivity index (χ1) is 17.9. The number of aromatic nitrogens is 2. The number of anilines is 2. The molecule has 0 saturated carbocycles. The molecule has 0 N–H and O–H groups in total. The van der Waals surface area contributed by atoms with Gasteiger partial charge in [-0.1, -0.05) is 26.0 Å². The van der Waals surface area contributed by atoms with Crippen molar-refractivity contribution >= 4 is 45.0 Å². The van der Waals surface area contributed by atoms with Gasteiger partial charge in [-0.3, -0.25) is 18.7 Å². The molecule has 192 valence electrons. The van der Waals surface area contributed by atoms with Crippen LogP contribution in [0.5, 0.6) is 0 Å². The first-order valence-corrected chi connectivity index (χ1v) is 13.3. The van der Waals surface area contributed by atoms with Gasteiger partial charge in [-0.2, -0.15) is 0 Å². The van der Waals surface area contributed by atoms with Gasteiger partial charge in [0.2, 0.25) is 0 Å². The topological polar surface area (TPSA) is 67.6 Å². The van der Waals surface area contributed by atoms with Gasteiger partial charge in [0.25, 0.3) is 11.8 Å². The molecule has 4 aromatic rings. The Labute approximate surface area is 216 Å². The summed E-state index contributed by atoms with van der Waals surface area (Å²) in [6.07, 6.45) is 2.03. The highest BCUT2D eigenvalue weighted by Gasteiger charge is 2.36. The lowest BCUT2D eigenvalue weighted by molar-refractivity contribution is 0.0893. The summed E-state index contributed by atoms with van der Waals surface area (Å²) in [5.41, 5.74) is 4.86. The molecule has 0 fully saturated rings. The molecule has 1 aliphatic heterocycles. The molecule has 2 heterocycles. The number of imide groups is 1. The van der Waals surface area contributed by atoms with Gasteiger partial charge in [0.1, 0.15) is 0 Å². The molecule has 7 nitrogen and oxygen atoms in total. The third kappa shape index (κ3) is 3.67. The van der Waals surface area contributed by atoms with Crippen molar-refractivity contribution in [1.82, 2.24) is 9.13 Å². The Kier molecular flexibility index (Phi) is 6.40. The number of benzene rings is 3. The first-order valence-electron chi connectivity index (χ1n) is 13.3. The van der Waals surface area contributed by atoms with Crippen molar-refractivity contribution in [3.8, 4) is 0 Å². The smallest absolute Gasteiger partial charge is 0.329 e. The Balaban J connectivity index is 1.70. The van der Waals surface area contributed by atoms with E-state index in [2.05, 4.69) is 18.7 Å². The predicted octanol–water partition coefficient (Wildman–Crippen LogP) is 5.73. The zero-order chi connectivity index (χ0) is 26.4. The molecule has 0 aliphatic carbocycles. The Morgan fingerprint density at radius 3 is 1.95 bits per heavy atom. The van der Waals surface area contributed by atoms with Crippen LogP contribution >= 0.6 is 0 Å². The summed E-state index contributed by atoms with van der Waals surface area (Å²) in [5, 5.41) is 1.66. The van der Waals surface area contributed by atoms with Crippen LogP contribution in [0.2, 0.25) is 0 Å². The van der Waals surface area contributed by atoms with Gasteiger partial charge >= 0.3 is 5.69 Å². The van der Waals surface area contributed by atoms with Crippen LogP contribution < -0.4 is 15.5 Å². The van der Waals surface area contributed by atoms with E-state index in [-0.39, 0.29) is 17.5 Å². The minimum Gasteiger partial charge on any atom is -0.371 e. The van der Waals surface area contributed by atoms with E-state index in [9.17, 15) is 14.4 Å². The summed E-state index contributed by atoms with van der Waals surface area (Å²) in [6.45, 7) is 12.9. The highest BCUT2D eigenvalue weighted by Crippen LogP contribution is 2.39. The maximum absolute atomic E-state index is 13.9. The fourth-order valence-corrected chi connectivity index (χ4v) is 5.77. The van der Waals surface area contributed by atoms with Crippen LogP contribution in [0.15, 0.2) is 47.3 Å². The molecule has 3 aromatic carbocycles. The molecule has 0 bridgehead atoms. The van der Waals surface area contributed by atoms with Gasteiger partial charge in [0, 0.05) is 53.8 Å². The fraction of sp³-hybridized carbons (Fsp3) is 0.367. The Morgan fingerprint density at radius 1 is 0.757 bits per heavy atom. The number of hydrogen-bond donors (Lipinski definition) is 0. The average molecular weight is 499 g/mol. The van der Waals surface area contributed by atoms with Crippen LogP contribution in [-0.2, 0) is 13.1 Å². The van der Waals surface area contributed by atoms with Gasteiger partial charge in [0.15, 0.2) is 0 Å². The Morgan fingerprint density at radius 2 is 1.35 bits per heavy atom. The maximum Gasteiger partial charge on any atom is 0.329 e. The van der Waals surface area contributed by atoms with Crippen molar-refractivity contribution in [2.45, 2.75) is 60.5 Å². The molecule has 2 amide bonds. The lowest BCUT2D eigenvalue weighted by Crippen LogP contribution is -2.41. The monoisotopic (exact) mass is 498 g/mol. The normalized spacial score (nSPS) is 13.3. The second-order valence-corrected chi connectivity index (χ2v) is 9.69. The van der Waals surface area contributed by atoms with Crippen molar-refractivity contribution in [2.75, 3.05) is 22.9 Å². The number of carbonyl (C=O) groups excluding carboxylic acids is 2. The molecule has 0 atom stereocenters. The van der Waals surface area contributed by atoms with E-state index >= 15 is 0 Å². The highest BCUT2D eigenvalue weighted by molar-refractivity contribution is 6.36. The van der Waals surface area contributed by atoms with E-state index < -0.39 is 0 Å². The summed E-state index contributed by atoms with van der Waals surface area (Å²) >= 11 is 0. The molecule has 0 saturated heterocycles. The number of amides is 2. The standard InChI is InChI=1S/C30H34N4O3/c1-6-15-31(16-7-2)23-14-13-22-27-20(23)11-10-12-21(27)28(35)34(29(22)36)24-18-26-25(17-19(24)5)32(8-3)30(37)33(26)9-4/h10-14,17-18H,6-9,15-16H2,1-5H3. The van der Waals surface area contributed by atoms with Crippen molar-refractivity contribution < 1.29 is 9.59 Å². The molecule has 0 spiro atoms. The Bertz CT molecular complexity index is 1580. The van der Waals surface area contributed by atoms with Gasteiger partial charge in [-0.05, 0) is 69.5 Å². The second kappa shape index (κ2) is 9.54. The number of imidazole rings is 1. The molecule has 0 radical (unpaired) electrons. The third-order valence-corrected chi connectivity index (χ3v) is 7.42. The highest BCUT2D eigenvalue weighted by atomic mass is 16.2. The number of rotatable bonds is 8. The first kappa shape index (κ1) is 24.8. The molecular formula is C30H34N4O3. The van der Waals surface area contributed by atoms with E-state index in [1.807, 2.05) is 63.2 Å². The summed E-state index contributed by atoms with van der Waals surface area (Å²) in [7, 11) is 0. The molecule has 37 heavy (non-hydrogen) atoms. The van der Waals surface area contributed by atoms with Crippen molar-refractivity contribution in [1.29, 1.82) is 0 Å². The summed E-state index contributed by atoms with van der Waals surface area (Å²) in [6, 6.07) is 13.3. The number of carbonyl (C=O) groups is 2. The molecular weight excluding hydrogens is 464 g/mol. The minimum atomic E-state index is -0.333. The lowest BCUT2D eigenvalue weighted by atomic mass is 9.92. The average Bonchev–Trinajstić information content (AvgIpc) is 3.15. The molecule has 0 unspecified atom stereocenters. The molecule has 1 aromatic heterocycles. The quantitative estimate of drug-likeness (QED) is 0.291. The SMILES string of the molecule is CCCN(CCC)c1ccc2c3c(cccc13)C(=O)N(c1cc3c(cc1C)n(CC)c(=O)n3CC)C2=O. The third-order valence-electron chi connectivity index (χ3n) is 7.42. The minimum absolute atomic E-state index is 0.0841. The van der Waals surface area contributed by atoms with Crippen LogP contribution in [0, 0.1) is 6.92 Å². The maximum atomic E-state index is 13.9. The number of hydrogen-bond acceptors (Lipinski definition) is 4. The summed E-state index contributed by atoms with van der Waals surface area (Å²) < 4.78 is 3.42. The fourth-order valence-electron chi connectivity index (χ4n) is 5.77. The van der Waals surface area contributed by atoms with E-state index in [0.29, 0.717) is 29.9 Å². The van der Waals surface area contributed by atoms with Crippen molar-refractivity contribution in [3.05, 3.63) is 69.6 Å². The molecule has 5 rings (SSSR count). The van der Waals surface area contributed by atoms with E-state index in [1.165, 1.54) is 4.90 Å². The van der Waals surface area contributed by atoms with Gasteiger partial charge in [-0.25, -0.2) is 9.69 Å². The van der Waals surface area contributed by atoms with E-state index in [4.69, 9.17) is 0 Å². The van der Waals surface area contributed by atoms with Crippen LogP contribution in [-0.4, -0.2) is 34.0 Å². The van der Waals surface area contributed by atoms with Gasteiger partial charge < -0.3 is 4.90 Å². The summed E-state index contributed by atoms with van der Waals surface area (Å²) in [5.74, 6) is -0.666. The number of nitrogens with zero attached hydrogens (tertiary/aromatic N) is 4. The summed E-state index contributed by atoms with van der Waals surface area (Å²) in [4.78, 5) is 44.4. The number of aryl methyl sites for hydroxylation is 3. The van der Waals surface area contributed by atoms with E-state index in [0.717, 1.165) is 59.0 Å². The van der Waals surface area contributed by atoms with Crippen LogP contribution in [0.1, 0.15) is 66.8 Å².